The SMILES string of the molecule is CCC1CCCCN1c1nccc(C(=O)NCCc2ccccc2F)n1. The third-order valence-corrected chi connectivity index (χ3v) is 4.87. The molecule has 1 saturated heterocycles. The molecule has 1 N–H and O–H groups in total. The highest BCUT2D eigenvalue weighted by Crippen LogP contribution is 2.23. The van der Waals surface area contributed by atoms with Crippen LogP contribution in [0.25, 0.3) is 0 Å². The average molecular weight is 356 g/mol. The van der Waals surface area contributed by atoms with Crippen LogP contribution in [0.5, 0.6) is 0 Å². The van der Waals surface area contributed by atoms with Gasteiger partial charge >= 0.3 is 0 Å². The molecule has 2 aromatic rings. The molecule has 5 nitrogen and oxygen atoms in total. The molecular weight excluding hydrogens is 331 g/mol. The maximum Gasteiger partial charge on any atom is 0.270 e. The molecule has 2 heterocycles. The van der Waals surface area contributed by atoms with Gasteiger partial charge in [-0.15, -0.1) is 0 Å². The Kier molecular flexibility index (Phi) is 6.15. The van der Waals surface area contributed by atoms with Crippen molar-refractivity contribution in [3.05, 3.63) is 53.6 Å². The number of hydrogen-bond donors (Lipinski definition) is 1. The number of nitrogens with one attached hydrogen (secondary N) is 1. The van der Waals surface area contributed by atoms with Gasteiger partial charge in [-0.3, -0.25) is 4.79 Å². The summed E-state index contributed by atoms with van der Waals surface area (Å²) in [5.41, 5.74) is 0.944. The van der Waals surface area contributed by atoms with Crippen molar-refractivity contribution in [2.45, 2.75) is 45.1 Å². The number of rotatable bonds is 6. The highest BCUT2D eigenvalue weighted by Gasteiger charge is 2.23. The monoisotopic (exact) mass is 356 g/mol. The van der Waals surface area contributed by atoms with E-state index in [0.717, 1.165) is 25.8 Å². The second-order valence-electron chi connectivity index (χ2n) is 6.59. The fraction of sp³-hybridized carbons (Fsp3) is 0.450. The van der Waals surface area contributed by atoms with Gasteiger partial charge in [0.25, 0.3) is 5.91 Å². The van der Waals surface area contributed by atoms with Crippen molar-refractivity contribution in [1.29, 1.82) is 0 Å². The molecule has 1 aromatic carbocycles. The van der Waals surface area contributed by atoms with Crippen molar-refractivity contribution in [3.8, 4) is 0 Å². The van der Waals surface area contributed by atoms with E-state index in [1.54, 1.807) is 30.5 Å². The van der Waals surface area contributed by atoms with E-state index in [4.69, 9.17) is 0 Å². The van der Waals surface area contributed by atoms with Crippen molar-refractivity contribution in [3.63, 3.8) is 0 Å². The molecule has 1 fully saturated rings. The van der Waals surface area contributed by atoms with Gasteiger partial charge in [0.05, 0.1) is 0 Å². The zero-order chi connectivity index (χ0) is 18.4. The molecule has 6 heteroatoms. The number of halogens is 1. The van der Waals surface area contributed by atoms with Gasteiger partial charge in [0.1, 0.15) is 11.5 Å². The number of piperidine rings is 1. The quantitative estimate of drug-likeness (QED) is 0.862. The topological polar surface area (TPSA) is 58.1 Å². The van der Waals surface area contributed by atoms with E-state index in [-0.39, 0.29) is 11.7 Å². The molecule has 0 aliphatic carbocycles. The highest BCUT2D eigenvalue weighted by atomic mass is 19.1. The Hall–Kier alpha value is -2.50. The van der Waals surface area contributed by atoms with Crippen LogP contribution in [0, 0.1) is 5.82 Å². The predicted octanol–water partition coefficient (Wildman–Crippen LogP) is 3.36. The van der Waals surface area contributed by atoms with Gasteiger partial charge in [-0.25, -0.2) is 14.4 Å². The molecule has 3 rings (SSSR count). The normalized spacial score (nSPS) is 17.2. The molecule has 0 saturated carbocycles. The van der Waals surface area contributed by atoms with Crippen molar-refractivity contribution in [2.75, 3.05) is 18.0 Å². The van der Waals surface area contributed by atoms with Gasteiger partial charge in [-0.2, -0.15) is 0 Å². The molecule has 1 unspecified atom stereocenters. The Morgan fingerprint density at radius 2 is 2.15 bits per heavy atom. The predicted molar refractivity (Wildman–Crippen MR) is 99.7 cm³/mol. The summed E-state index contributed by atoms with van der Waals surface area (Å²) in [6.45, 7) is 3.46. The maximum atomic E-state index is 13.6. The molecule has 0 radical (unpaired) electrons. The van der Waals surface area contributed by atoms with Crippen LogP contribution in [0.4, 0.5) is 10.3 Å². The second-order valence-corrected chi connectivity index (χ2v) is 6.59. The Morgan fingerprint density at radius 1 is 1.31 bits per heavy atom. The lowest BCUT2D eigenvalue weighted by atomic mass is 10.0. The summed E-state index contributed by atoms with van der Waals surface area (Å²) in [4.78, 5) is 23.4. The Morgan fingerprint density at radius 3 is 2.96 bits per heavy atom. The van der Waals surface area contributed by atoms with E-state index in [1.807, 2.05) is 0 Å². The van der Waals surface area contributed by atoms with Crippen LogP contribution in [0.1, 0.15) is 48.7 Å². The summed E-state index contributed by atoms with van der Waals surface area (Å²) >= 11 is 0. The number of carbonyl (C=O) groups is 1. The van der Waals surface area contributed by atoms with Gasteiger partial charge in [0.15, 0.2) is 0 Å². The zero-order valence-electron chi connectivity index (χ0n) is 15.1. The first-order valence-electron chi connectivity index (χ1n) is 9.30. The third-order valence-electron chi connectivity index (χ3n) is 4.87. The van der Waals surface area contributed by atoms with Crippen molar-refractivity contribution in [1.82, 2.24) is 15.3 Å². The van der Waals surface area contributed by atoms with Gasteiger partial charge in [0, 0.05) is 25.3 Å². The van der Waals surface area contributed by atoms with E-state index in [1.165, 1.54) is 12.5 Å². The first-order valence-corrected chi connectivity index (χ1v) is 9.30. The second kappa shape index (κ2) is 8.74. The molecule has 0 bridgehead atoms. The van der Waals surface area contributed by atoms with Gasteiger partial charge < -0.3 is 10.2 Å². The fourth-order valence-corrected chi connectivity index (χ4v) is 3.40. The molecule has 1 aliphatic heterocycles. The van der Waals surface area contributed by atoms with Crippen molar-refractivity contribution < 1.29 is 9.18 Å². The number of amides is 1. The van der Waals surface area contributed by atoms with Crippen LogP contribution < -0.4 is 10.2 Å². The third kappa shape index (κ3) is 4.36. The summed E-state index contributed by atoms with van der Waals surface area (Å²) in [5, 5.41) is 2.82. The molecule has 1 aliphatic rings. The summed E-state index contributed by atoms with van der Waals surface area (Å²) in [7, 11) is 0. The van der Waals surface area contributed by atoms with Crippen LogP contribution >= 0.6 is 0 Å². The van der Waals surface area contributed by atoms with Crippen molar-refractivity contribution in [2.24, 2.45) is 0 Å². The van der Waals surface area contributed by atoms with E-state index >= 15 is 0 Å². The summed E-state index contributed by atoms with van der Waals surface area (Å²) in [5.74, 6) is 0.120. The number of carbonyl (C=O) groups excluding carboxylic acids is 1. The van der Waals surface area contributed by atoms with E-state index < -0.39 is 0 Å². The van der Waals surface area contributed by atoms with Gasteiger partial charge in [-0.1, -0.05) is 25.1 Å². The van der Waals surface area contributed by atoms with E-state index in [0.29, 0.717) is 36.2 Å². The van der Waals surface area contributed by atoms with Crippen LogP contribution in [-0.2, 0) is 6.42 Å². The standard InChI is InChI=1S/C20H25FN4O/c1-2-16-8-5-6-14-25(16)20-23-13-11-18(24-20)19(26)22-12-10-15-7-3-4-9-17(15)21/h3-4,7,9,11,13,16H,2,5-6,8,10,12,14H2,1H3,(H,22,26). The van der Waals surface area contributed by atoms with Crippen LogP contribution in [-0.4, -0.2) is 35.0 Å². The number of aromatic nitrogens is 2. The van der Waals surface area contributed by atoms with E-state index in [2.05, 4.69) is 27.1 Å². The van der Waals surface area contributed by atoms with Crippen LogP contribution in [0.3, 0.4) is 0 Å². The first kappa shape index (κ1) is 18.3. The summed E-state index contributed by atoms with van der Waals surface area (Å²) in [6.07, 6.45) is 6.61. The Labute approximate surface area is 153 Å². The first-order chi connectivity index (χ1) is 12.7. The zero-order valence-corrected chi connectivity index (χ0v) is 15.1. The van der Waals surface area contributed by atoms with E-state index in [9.17, 15) is 9.18 Å². The smallest absolute Gasteiger partial charge is 0.270 e. The number of hydrogen-bond acceptors (Lipinski definition) is 4. The maximum absolute atomic E-state index is 13.6. The lowest BCUT2D eigenvalue weighted by molar-refractivity contribution is 0.0949. The molecule has 26 heavy (non-hydrogen) atoms. The number of anilines is 1. The fourth-order valence-electron chi connectivity index (χ4n) is 3.40. The number of nitrogens with zero attached hydrogens (tertiary/aromatic N) is 3. The lowest BCUT2D eigenvalue weighted by Crippen LogP contribution is -2.40. The van der Waals surface area contributed by atoms with Gasteiger partial charge in [-0.05, 0) is 49.8 Å². The minimum absolute atomic E-state index is 0.248. The van der Waals surface area contributed by atoms with Crippen LogP contribution in [0.2, 0.25) is 0 Å². The minimum atomic E-state index is -0.255. The molecule has 1 aromatic heterocycles. The molecule has 0 spiro atoms. The summed E-state index contributed by atoms with van der Waals surface area (Å²) < 4.78 is 13.6. The highest BCUT2D eigenvalue weighted by molar-refractivity contribution is 5.92. The summed E-state index contributed by atoms with van der Waals surface area (Å²) in [6, 6.07) is 8.65. The molecule has 138 valence electrons. The minimum Gasteiger partial charge on any atom is -0.350 e. The van der Waals surface area contributed by atoms with Gasteiger partial charge in [0.2, 0.25) is 5.95 Å². The average Bonchev–Trinajstić information content (AvgIpc) is 2.69. The number of benzene rings is 1. The largest absolute Gasteiger partial charge is 0.350 e. The van der Waals surface area contributed by atoms with Crippen molar-refractivity contribution >= 4 is 11.9 Å². The molecule has 1 atom stereocenters. The molecular formula is C20H25FN4O. The van der Waals surface area contributed by atoms with Crippen LogP contribution in [0.15, 0.2) is 36.5 Å². The Bertz CT molecular complexity index is 752. The Balaban J connectivity index is 1.62. The molecule has 1 amide bonds. The lowest BCUT2D eigenvalue weighted by Gasteiger charge is -2.35.